The molecule has 0 radical (unpaired) electrons. The van der Waals surface area contributed by atoms with Crippen LogP contribution in [-0.4, -0.2) is 77.9 Å². The Labute approximate surface area is 189 Å². The number of carbonyl (C=O) groups excluding carboxylic acids is 2. The Morgan fingerprint density at radius 1 is 0.906 bits per heavy atom. The lowest BCUT2D eigenvalue weighted by Gasteiger charge is -2.34. The average molecular weight is 438 g/mol. The SMILES string of the molecule is CCOC(=O)N1CCN(C(=O)c2ccc(N3CCC(Cc4ccccc4)CC3)nn2)CC1. The number of amides is 2. The molecule has 8 nitrogen and oxygen atoms in total. The van der Waals surface area contributed by atoms with Crippen LogP contribution in [0, 0.1) is 5.92 Å². The van der Waals surface area contributed by atoms with Crippen molar-refractivity contribution in [1.82, 2.24) is 20.0 Å². The van der Waals surface area contributed by atoms with Crippen molar-refractivity contribution in [3.63, 3.8) is 0 Å². The van der Waals surface area contributed by atoms with E-state index in [2.05, 4.69) is 45.4 Å². The van der Waals surface area contributed by atoms with Crippen LogP contribution in [0.4, 0.5) is 10.6 Å². The van der Waals surface area contributed by atoms with E-state index < -0.39 is 0 Å². The summed E-state index contributed by atoms with van der Waals surface area (Å²) in [5.41, 5.74) is 1.74. The van der Waals surface area contributed by atoms with E-state index in [4.69, 9.17) is 4.74 Å². The van der Waals surface area contributed by atoms with Gasteiger partial charge in [-0.05, 0) is 49.8 Å². The molecule has 2 aliphatic heterocycles. The largest absolute Gasteiger partial charge is 0.450 e. The van der Waals surface area contributed by atoms with Gasteiger partial charge in [-0.1, -0.05) is 30.3 Å². The quantitative estimate of drug-likeness (QED) is 0.716. The molecule has 0 aliphatic carbocycles. The van der Waals surface area contributed by atoms with E-state index in [1.807, 2.05) is 6.07 Å². The van der Waals surface area contributed by atoms with Crippen molar-refractivity contribution < 1.29 is 14.3 Å². The third-order valence-electron chi connectivity index (χ3n) is 6.27. The molecule has 0 spiro atoms. The Kier molecular flexibility index (Phi) is 7.19. The van der Waals surface area contributed by atoms with Gasteiger partial charge < -0.3 is 19.4 Å². The van der Waals surface area contributed by atoms with Crippen molar-refractivity contribution in [2.75, 3.05) is 50.8 Å². The highest BCUT2D eigenvalue weighted by Gasteiger charge is 2.27. The second-order valence-corrected chi connectivity index (χ2v) is 8.38. The summed E-state index contributed by atoms with van der Waals surface area (Å²) in [6.45, 7) is 5.91. The van der Waals surface area contributed by atoms with Crippen molar-refractivity contribution in [3.05, 3.63) is 53.7 Å². The topological polar surface area (TPSA) is 78.9 Å². The monoisotopic (exact) mass is 437 g/mol. The maximum absolute atomic E-state index is 12.8. The standard InChI is InChI=1S/C24H31N5O3/c1-2-32-24(31)29-16-14-28(15-17-29)23(30)21-8-9-22(26-25-21)27-12-10-20(11-13-27)18-19-6-4-3-5-7-19/h3-9,20H,2,10-18H2,1H3. The lowest BCUT2D eigenvalue weighted by atomic mass is 9.90. The Morgan fingerprint density at radius 2 is 1.59 bits per heavy atom. The van der Waals surface area contributed by atoms with Gasteiger partial charge in [0.15, 0.2) is 11.5 Å². The third-order valence-corrected chi connectivity index (χ3v) is 6.27. The fourth-order valence-corrected chi connectivity index (χ4v) is 4.39. The van der Waals surface area contributed by atoms with Crippen LogP contribution in [0.15, 0.2) is 42.5 Å². The van der Waals surface area contributed by atoms with Crippen molar-refractivity contribution in [2.45, 2.75) is 26.2 Å². The molecule has 0 bridgehead atoms. The molecule has 1 aromatic carbocycles. The minimum atomic E-state index is -0.323. The number of piperidine rings is 1. The first kappa shape index (κ1) is 22.0. The molecular formula is C24H31N5O3. The summed E-state index contributed by atoms with van der Waals surface area (Å²) >= 11 is 0. The van der Waals surface area contributed by atoms with Crippen LogP contribution in [0.1, 0.15) is 35.8 Å². The molecule has 2 aromatic rings. The van der Waals surface area contributed by atoms with Gasteiger partial charge in [0, 0.05) is 39.3 Å². The zero-order valence-electron chi connectivity index (χ0n) is 18.7. The molecule has 4 rings (SSSR count). The molecule has 2 fully saturated rings. The Balaban J connectivity index is 1.26. The van der Waals surface area contributed by atoms with Crippen LogP contribution in [0.25, 0.3) is 0 Å². The number of aromatic nitrogens is 2. The molecule has 170 valence electrons. The van der Waals surface area contributed by atoms with Gasteiger partial charge in [-0.15, -0.1) is 10.2 Å². The molecule has 2 saturated heterocycles. The van der Waals surface area contributed by atoms with Gasteiger partial charge in [-0.3, -0.25) is 4.79 Å². The van der Waals surface area contributed by atoms with Gasteiger partial charge in [0.2, 0.25) is 0 Å². The number of hydrogen-bond acceptors (Lipinski definition) is 6. The smallest absolute Gasteiger partial charge is 0.409 e. The number of anilines is 1. The normalized spacial score (nSPS) is 17.3. The van der Waals surface area contributed by atoms with Gasteiger partial charge in [-0.2, -0.15) is 0 Å². The minimum Gasteiger partial charge on any atom is -0.450 e. The van der Waals surface area contributed by atoms with Gasteiger partial charge in [0.05, 0.1) is 6.61 Å². The first-order chi connectivity index (χ1) is 15.6. The fourth-order valence-electron chi connectivity index (χ4n) is 4.39. The maximum Gasteiger partial charge on any atom is 0.409 e. The Bertz CT molecular complexity index is 890. The third kappa shape index (κ3) is 5.36. The molecule has 3 heterocycles. The van der Waals surface area contributed by atoms with Crippen LogP contribution in [0.2, 0.25) is 0 Å². The molecule has 0 saturated carbocycles. The number of carbonyl (C=O) groups is 2. The summed E-state index contributed by atoms with van der Waals surface area (Å²) in [5, 5.41) is 8.55. The van der Waals surface area contributed by atoms with Gasteiger partial charge in [0.1, 0.15) is 0 Å². The van der Waals surface area contributed by atoms with Crippen LogP contribution in [0.3, 0.4) is 0 Å². The molecule has 8 heteroatoms. The first-order valence-electron chi connectivity index (χ1n) is 11.5. The van der Waals surface area contributed by atoms with Crippen LogP contribution in [-0.2, 0) is 11.2 Å². The van der Waals surface area contributed by atoms with Crippen molar-refractivity contribution in [3.8, 4) is 0 Å². The number of ether oxygens (including phenoxy) is 1. The van der Waals surface area contributed by atoms with Crippen molar-refractivity contribution in [1.29, 1.82) is 0 Å². The predicted octanol–water partition coefficient (Wildman–Crippen LogP) is 2.85. The molecule has 0 atom stereocenters. The van der Waals surface area contributed by atoms with E-state index in [1.54, 1.807) is 22.8 Å². The van der Waals surface area contributed by atoms with E-state index in [9.17, 15) is 9.59 Å². The van der Waals surface area contributed by atoms with E-state index in [-0.39, 0.29) is 12.0 Å². The first-order valence-corrected chi connectivity index (χ1v) is 11.5. The van der Waals surface area contributed by atoms with Crippen molar-refractivity contribution in [2.24, 2.45) is 5.92 Å². The average Bonchev–Trinajstić information content (AvgIpc) is 2.85. The molecular weight excluding hydrogens is 406 g/mol. The zero-order valence-corrected chi connectivity index (χ0v) is 18.7. The molecule has 2 amide bonds. The number of nitrogens with zero attached hydrogens (tertiary/aromatic N) is 5. The zero-order chi connectivity index (χ0) is 22.3. The summed E-state index contributed by atoms with van der Waals surface area (Å²) in [6.07, 6.45) is 3.05. The Hall–Kier alpha value is -3.16. The van der Waals surface area contributed by atoms with E-state index in [0.717, 1.165) is 38.2 Å². The molecule has 32 heavy (non-hydrogen) atoms. The van der Waals surface area contributed by atoms with Gasteiger partial charge in [0.25, 0.3) is 5.91 Å². The molecule has 1 aromatic heterocycles. The second-order valence-electron chi connectivity index (χ2n) is 8.38. The van der Waals surface area contributed by atoms with Crippen LogP contribution < -0.4 is 4.90 Å². The summed E-state index contributed by atoms with van der Waals surface area (Å²) in [5.74, 6) is 1.37. The lowest BCUT2D eigenvalue weighted by Crippen LogP contribution is -2.50. The highest BCUT2D eigenvalue weighted by atomic mass is 16.6. The molecule has 0 N–H and O–H groups in total. The predicted molar refractivity (Wildman–Crippen MR) is 122 cm³/mol. The number of hydrogen-bond donors (Lipinski definition) is 0. The summed E-state index contributed by atoms with van der Waals surface area (Å²) < 4.78 is 5.03. The molecule has 2 aliphatic rings. The van der Waals surface area contributed by atoms with E-state index >= 15 is 0 Å². The summed E-state index contributed by atoms with van der Waals surface area (Å²) in [4.78, 5) is 30.2. The van der Waals surface area contributed by atoms with Gasteiger partial charge >= 0.3 is 6.09 Å². The summed E-state index contributed by atoms with van der Waals surface area (Å²) in [7, 11) is 0. The highest BCUT2D eigenvalue weighted by Crippen LogP contribution is 2.24. The number of piperazine rings is 1. The van der Waals surface area contributed by atoms with E-state index in [1.165, 1.54) is 5.56 Å². The Morgan fingerprint density at radius 3 is 2.22 bits per heavy atom. The minimum absolute atomic E-state index is 0.144. The summed E-state index contributed by atoms with van der Waals surface area (Å²) in [6, 6.07) is 14.3. The number of rotatable bonds is 5. The fraction of sp³-hybridized carbons (Fsp3) is 0.500. The number of benzene rings is 1. The maximum atomic E-state index is 12.8. The van der Waals surface area contributed by atoms with Crippen LogP contribution >= 0.6 is 0 Å². The van der Waals surface area contributed by atoms with E-state index in [0.29, 0.717) is 44.4 Å². The lowest BCUT2D eigenvalue weighted by molar-refractivity contribution is 0.0565. The van der Waals surface area contributed by atoms with Gasteiger partial charge in [-0.25, -0.2) is 4.79 Å². The molecule has 0 unspecified atom stereocenters. The second kappa shape index (κ2) is 10.4. The van der Waals surface area contributed by atoms with Crippen LogP contribution in [0.5, 0.6) is 0 Å². The highest BCUT2D eigenvalue weighted by molar-refractivity contribution is 5.92. The van der Waals surface area contributed by atoms with Crippen molar-refractivity contribution >= 4 is 17.8 Å².